The summed E-state index contributed by atoms with van der Waals surface area (Å²) in [6.45, 7) is 1.11. The first kappa shape index (κ1) is 19.8. The molecule has 0 saturated carbocycles. The summed E-state index contributed by atoms with van der Waals surface area (Å²) in [5.41, 5.74) is 7.54. The summed E-state index contributed by atoms with van der Waals surface area (Å²) in [5, 5.41) is 7.54. The van der Waals surface area contributed by atoms with Crippen molar-refractivity contribution in [3.05, 3.63) is 77.5 Å². The van der Waals surface area contributed by atoms with Crippen molar-refractivity contribution in [2.45, 2.75) is 24.8 Å². The zero-order valence-corrected chi connectivity index (χ0v) is 16.8. The van der Waals surface area contributed by atoms with Gasteiger partial charge in [0.1, 0.15) is 11.8 Å². The third-order valence-electron chi connectivity index (χ3n) is 5.45. The fourth-order valence-electron chi connectivity index (χ4n) is 4.02. The van der Waals surface area contributed by atoms with Crippen LogP contribution < -0.4 is 11.1 Å². The van der Waals surface area contributed by atoms with Gasteiger partial charge in [-0.3, -0.25) is 9.48 Å². The number of rotatable bonds is 5. The number of piperidine rings is 1. The lowest BCUT2D eigenvalue weighted by atomic mass is 9.92. The minimum atomic E-state index is -0.498. The Kier molecular flexibility index (Phi) is 5.56. The van der Waals surface area contributed by atoms with Crippen LogP contribution in [0.5, 0.6) is 0 Å². The molecule has 3 amide bonds. The van der Waals surface area contributed by atoms with Crippen molar-refractivity contribution in [2.75, 3.05) is 13.1 Å². The summed E-state index contributed by atoms with van der Waals surface area (Å²) >= 11 is 0. The third-order valence-corrected chi connectivity index (χ3v) is 5.45. The van der Waals surface area contributed by atoms with Crippen molar-refractivity contribution in [2.24, 2.45) is 12.8 Å². The largest absolute Gasteiger partial charge is 0.467 e. The smallest absolute Gasteiger partial charge is 0.318 e. The number of hydrogen-bond acceptors (Lipinski definition) is 4. The number of amides is 3. The van der Waals surface area contributed by atoms with E-state index >= 15 is 0 Å². The van der Waals surface area contributed by atoms with Gasteiger partial charge in [-0.15, -0.1) is 0 Å². The van der Waals surface area contributed by atoms with E-state index in [1.807, 2.05) is 36.4 Å². The van der Waals surface area contributed by atoms with E-state index < -0.39 is 5.91 Å². The Hall–Kier alpha value is -3.55. The summed E-state index contributed by atoms with van der Waals surface area (Å²) in [5.74, 6) is 0.137. The SMILES string of the molecule is Cn1cc(C(N)=O)c([C@@H]2CCCN(C(=O)N[C@H](c3ccccc3)c3ccco3)C2)n1. The average Bonchev–Trinajstić information content (AvgIpc) is 3.42. The summed E-state index contributed by atoms with van der Waals surface area (Å²) in [6.07, 6.45) is 4.91. The van der Waals surface area contributed by atoms with Gasteiger partial charge in [0.15, 0.2) is 0 Å². The van der Waals surface area contributed by atoms with Gasteiger partial charge in [-0.2, -0.15) is 5.10 Å². The fraction of sp³-hybridized carbons (Fsp3) is 0.318. The van der Waals surface area contributed by atoms with E-state index in [9.17, 15) is 9.59 Å². The van der Waals surface area contributed by atoms with Crippen LogP contribution in [0.4, 0.5) is 4.79 Å². The lowest BCUT2D eigenvalue weighted by Gasteiger charge is -2.33. The van der Waals surface area contributed by atoms with Gasteiger partial charge in [-0.25, -0.2) is 4.79 Å². The number of hydrogen-bond donors (Lipinski definition) is 2. The quantitative estimate of drug-likeness (QED) is 0.678. The Labute approximate surface area is 174 Å². The van der Waals surface area contributed by atoms with Crippen LogP contribution in [0.15, 0.2) is 59.3 Å². The maximum Gasteiger partial charge on any atom is 0.318 e. The van der Waals surface area contributed by atoms with Crippen LogP contribution in [-0.2, 0) is 7.05 Å². The second-order valence-electron chi connectivity index (χ2n) is 7.56. The molecule has 0 aliphatic carbocycles. The van der Waals surface area contributed by atoms with Gasteiger partial charge < -0.3 is 20.4 Å². The third kappa shape index (κ3) is 4.07. The molecule has 1 aromatic carbocycles. The van der Waals surface area contributed by atoms with Gasteiger partial charge in [-0.1, -0.05) is 30.3 Å². The van der Waals surface area contributed by atoms with Crippen LogP contribution in [0, 0.1) is 0 Å². The topological polar surface area (TPSA) is 106 Å². The van der Waals surface area contributed by atoms with Crippen molar-refractivity contribution in [1.29, 1.82) is 0 Å². The van der Waals surface area contributed by atoms with Gasteiger partial charge in [-0.05, 0) is 30.5 Å². The van der Waals surface area contributed by atoms with Gasteiger partial charge >= 0.3 is 6.03 Å². The maximum atomic E-state index is 13.1. The minimum absolute atomic E-state index is 0.0352. The molecule has 1 aliphatic heterocycles. The molecule has 1 fully saturated rings. The number of likely N-dealkylation sites (tertiary alicyclic amines) is 1. The van der Waals surface area contributed by atoms with Gasteiger partial charge in [0.2, 0.25) is 0 Å². The second-order valence-corrected chi connectivity index (χ2v) is 7.56. The number of benzene rings is 1. The summed E-state index contributed by atoms with van der Waals surface area (Å²) < 4.78 is 7.17. The highest BCUT2D eigenvalue weighted by molar-refractivity contribution is 5.93. The molecule has 2 aromatic heterocycles. The number of aryl methyl sites for hydroxylation is 1. The van der Waals surface area contributed by atoms with Crippen LogP contribution >= 0.6 is 0 Å². The molecule has 1 saturated heterocycles. The fourth-order valence-corrected chi connectivity index (χ4v) is 4.02. The number of nitrogens with zero attached hydrogens (tertiary/aromatic N) is 3. The Bertz CT molecular complexity index is 1010. The van der Waals surface area contributed by atoms with Crippen LogP contribution in [0.2, 0.25) is 0 Å². The number of carbonyl (C=O) groups is 2. The van der Waals surface area contributed by atoms with Gasteiger partial charge in [0, 0.05) is 32.3 Å². The Balaban J connectivity index is 1.52. The van der Waals surface area contributed by atoms with Crippen molar-refractivity contribution >= 4 is 11.9 Å². The van der Waals surface area contributed by atoms with Gasteiger partial charge in [0.25, 0.3) is 5.91 Å². The van der Waals surface area contributed by atoms with Crippen LogP contribution in [0.25, 0.3) is 0 Å². The molecule has 8 heteroatoms. The predicted molar refractivity (Wildman–Crippen MR) is 111 cm³/mol. The monoisotopic (exact) mass is 407 g/mol. The molecule has 0 spiro atoms. The highest BCUT2D eigenvalue weighted by atomic mass is 16.3. The Morgan fingerprint density at radius 3 is 2.73 bits per heavy atom. The molecule has 30 heavy (non-hydrogen) atoms. The van der Waals surface area contributed by atoms with E-state index in [0.717, 1.165) is 18.4 Å². The molecule has 3 aromatic rings. The first-order chi connectivity index (χ1) is 14.5. The Morgan fingerprint density at radius 1 is 1.23 bits per heavy atom. The normalized spacial score (nSPS) is 17.5. The molecular formula is C22H25N5O3. The van der Waals surface area contributed by atoms with Crippen LogP contribution in [-0.4, -0.2) is 39.7 Å². The number of primary amides is 1. The molecule has 0 bridgehead atoms. The van der Waals surface area contributed by atoms with Crippen molar-refractivity contribution in [1.82, 2.24) is 20.0 Å². The number of furan rings is 1. The molecule has 2 atom stereocenters. The lowest BCUT2D eigenvalue weighted by molar-refractivity contribution is 0.0998. The number of nitrogens with two attached hydrogens (primary N) is 1. The minimum Gasteiger partial charge on any atom is -0.467 e. The number of nitrogens with one attached hydrogen (secondary N) is 1. The standard InChI is InChI=1S/C22H25N5O3/c1-26-14-17(21(23)28)19(25-26)16-9-5-11-27(13-16)22(29)24-20(18-10-6-12-30-18)15-7-3-2-4-8-15/h2-4,6-8,10,12,14,16,20H,5,9,11,13H2,1H3,(H2,23,28)(H,24,29)/t16-,20-/m1/s1. The molecule has 0 unspecified atom stereocenters. The van der Waals surface area contributed by atoms with E-state index in [2.05, 4.69) is 10.4 Å². The predicted octanol–water partition coefficient (Wildman–Crippen LogP) is 2.79. The average molecular weight is 407 g/mol. The van der Waals surface area contributed by atoms with E-state index in [-0.39, 0.29) is 18.0 Å². The Morgan fingerprint density at radius 2 is 2.03 bits per heavy atom. The highest BCUT2D eigenvalue weighted by Gasteiger charge is 2.31. The first-order valence-electron chi connectivity index (χ1n) is 10.00. The zero-order chi connectivity index (χ0) is 21.1. The summed E-state index contributed by atoms with van der Waals surface area (Å²) in [4.78, 5) is 26.7. The molecule has 3 heterocycles. The van der Waals surface area contributed by atoms with Crippen molar-refractivity contribution in [3.8, 4) is 0 Å². The molecule has 0 radical (unpaired) electrons. The molecule has 1 aliphatic rings. The first-order valence-corrected chi connectivity index (χ1v) is 10.00. The van der Waals surface area contributed by atoms with Crippen LogP contribution in [0.1, 0.15) is 52.2 Å². The number of aromatic nitrogens is 2. The summed E-state index contributed by atoms with van der Waals surface area (Å²) in [6, 6.07) is 12.8. The van der Waals surface area contributed by atoms with Crippen molar-refractivity contribution in [3.63, 3.8) is 0 Å². The van der Waals surface area contributed by atoms with Crippen LogP contribution in [0.3, 0.4) is 0 Å². The molecule has 4 rings (SSSR count). The molecule has 8 nitrogen and oxygen atoms in total. The number of urea groups is 1. The van der Waals surface area contributed by atoms with Crippen molar-refractivity contribution < 1.29 is 14.0 Å². The van der Waals surface area contributed by atoms with E-state index in [0.29, 0.717) is 30.1 Å². The van der Waals surface area contributed by atoms with E-state index in [4.69, 9.17) is 10.2 Å². The molecular weight excluding hydrogens is 382 g/mol. The van der Waals surface area contributed by atoms with E-state index in [1.54, 1.807) is 35.2 Å². The van der Waals surface area contributed by atoms with Gasteiger partial charge in [0.05, 0.1) is 17.5 Å². The molecule has 3 N–H and O–H groups in total. The summed E-state index contributed by atoms with van der Waals surface area (Å²) in [7, 11) is 1.76. The number of carbonyl (C=O) groups excluding carboxylic acids is 2. The molecule has 156 valence electrons. The zero-order valence-electron chi connectivity index (χ0n) is 16.8. The lowest BCUT2D eigenvalue weighted by Crippen LogP contribution is -2.46. The highest BCUT2D eigenvalue weighted by Crippen LogP contribution is 2.29. The van der Waals surface area contributed by atoms with E-state index in [1.165, 1.54) is 0 Å². The second kappa shape index (κ2) is 8.44. The maximum absolute atomic E-state index is 13.1.